The molecule has 0 amide bonds. The summed E-state index contributed by atoms with van der Waals surface area (Å²) in [6.45, 7) is 6.84. The van der Waals surface area contributed by atoms with Crippen LogP contribution in [0.4, 0.5) is 0 Å². The maximum atomic E-state index is 6.20. The zero-order valence-electron chi connectivity index (χ0n) is 17.3. The first kappa shape index (κ1) is 20.4. The molecule has 0 aromatic heterocycles. The van der Waals surface area contributed by atoms with Crippen molar-refractivity contribution in [3.05, 3.63) is 77.4 Å². The summed E-state index contributed by atoms with van der Waals surface area (Å²) in [6, 6.07) is 21.6. The van der Waals surface area contributed by atoms with Crippen molar-refractivity contribution < 1.29 is 4.74 Å². The van der Waals surface area contributed by atoms with E-state index in [0.717, 1.165) is 31.9 Å². The predicted molar refractivity (Wildman–Crippen MR) is 120 cm³/mol. The minimum absolute atomic E-state index is 0.799. The first-order valence-corrected chi connectivity index (χ1v) is 10.7. The summed E-state index contributed by atoms with van der Waals surface area (Å²) in [6.07, 6.45) is 6.29. The second-order valence-electron chi connectivity index (χ2n) is 7.62. The van der Waals surface area contributed by atoms with E-state index in [1.807, 2.05) is 0 Å². The van der Waals surface area contributed by atoms with E-state index >= 15 is 0 Å². The fourth-order valence-corrected chi connectivity index (χ4v) is 3.56. The Morgan fingerprint density at radius 1 is 0.786 bits per heavy atom. The van der Waals surface area contributed by atoms with Gasteiger partial charge in [-0.2, -0.15) is 0 Å². The number of ether oxygens (including phenoxy) is 1. The molecule has 0 aliphatic carbocycles. The minimum Gasteiger partial charge on any atom is -0.493 e. The summed E-state index contributed by atoms with van der Waals surface area (Å²) in [7, 11) is 0. The minimum atomic E-state index is 0.799. The van der Waals surface area contributed by atoms with Crippen LogP contribution in [0.5, 0.6) is 5.75 Å². The lowest BCUT2D eigenvalue weighted by Gasteiger charge is -2.15. The predicted octanol–water partition coefficient (Wildman–Crippen LogP) is 6.79. The van der Waals surface area contributed by atoms with Crippen LogP contribution in [0, 0.1) is 6.92 Å². The van der Waals surface area contributed by atoms with Gasteiger partial charge in [0.2, 0.25) is 0 Å². The van der Waals surface area contributed by atoms with Gasteiger partial charge in [-0.1, -0.05) is 92.8 Å². The van der Waals surface area contributed by atoms with E-state index in [1.54, 1.807) is 0 Å². The molecule has 28 heavy (non-hydrogen) atoms. The van der Waals surface area contributed by atoms with Crippen LogP contribution in [-0.2, 0) is 13.1 Å². The van der Waals surface area contributed by atoms with Gasteiger partial charge in [-0.25, -0.2) is 0 Å². The van der Waals surface area contributed by atoms with Crippen LogP contribution in [0.15, 0.2) is 60.7 Å². The highest BCUT2D eigenvalue weighted by Gasteiger charge is 2.09. The third-order valence-electron chi connectivity index (χ3n) is 5.25. The first-order valence-electron chi connectivity index (χ1n) is 10.7. The molecule has 0 unspecified atom stereocenters. The number of nitrogens with one attached hydrogen (secondary N) is 1. The molecule has 3 aromatic rings. The second kappa shape index (κ2) is 10.9. The van der Waals surface area contributed by atoms with E-state index in [2.05, 4.69) is 79.8 Å². The number of fused-ring (bicyclic) bond motifs is 1. The van der Waals surface area contributed by atoms with Crippen molar-refractivity contribution in [2.75, 3.05) is 6.61 Å². The lowest BCUT2D eigenvalue weighted by molar-refractivity contribution is 0.301. The summed E-state index contributed by atoms with van der Waals surface area (Å²) < 4.78 is 6.20. The van der Waals surface area contributed by atoms with Crippen molar-refractivity contribution >= 4 is 10.8 Å². The van der Waals surface area contributed by atoms with Gasteiger partial charge in [-0.05, 0) is 35.7 Å². The van der Waals surface area contributed by atoms with E-state index < -0.39 is 0 Å². The van der Waals surface area contributed by atoms with E-state index in [0.29, 0.717) is 0 Å². The van der Waals surface area contributed by atoms with Crippen LogP contribution in [0.25, 0.3) is 10.8 Å². The van der Waals surface area contributed by atoms with E-state index in [-0.39, 0.29) is 0 Å². The van der Waals surface area contributed by atoms with Crippen LogP contribution < -0.4 is 10.1 Å². The van der Waals surface area contributed by atoms with Gasteiger partial charge in [0.1, 0.15) is 5.75 Å². The Kier molecular flexibility index (Phi) is 7.93. The summed E-state index contributed by atoms with van der Waals surface area (Å²) >= 11 is 0. The number of hydrogen-bond donors (Lipinski definition) is 1. The standard InChI is InChI=1S/C26H33NO/c1-3-4-5-6-9-18-28-26-17-16-23-10-7-8-11-24(23)25(26)20-27-19-22-14-12-21(2)13-15-22/h7-8,10-17,27H,3-6,9,18-20H2,1-2H3. The largest absolute Gasteiger partial charge is 0.493 e. The van der Waals surface area contributed by atoms with Gasteiger partial charge < -0.3 is 10.1 Å². The van der Waals surface area contributed by atoms with E-state index in [4.69, 9.17) is 4.74 Å². The monoisotopic (exact) mass is 375 g/mol. The van der Waals surface area contributed by atoms with Gasteiger partial charge in [0, 0.05) is 18.7 Å². The molecular weight excluding hydrogens is 342 g/mol. The molecular formula is C26H33NO. The third kappa shape index (κ3) is 5.84. The maximum absolute atomic E-state index is 6.20. The van der Waals surface area contributed by atoms with Crippen molar-refractivity contribution in [2.24, 2.45) is 0 Å². The highest BCUT2D eigenvalue weighted by molar-refractivity contribution is 5.87. The third-order valence-corrected chi connectivity index (χ3v) is 5.25. The Bertz CT molecular complexity index is 854. The Morgan fingerprint density at radius 3 is 2.39 bits per heavy atom. The molecule has 3 aromatic carbocycles. The zero-order chi connectivity index (χ0) is 19.6. The zero-order valence-corrected chi connectivity index (χ0v) is 17.3. The van der Waals surface area contributed by atoms with Crippen molar-refractivity contribution in [2.45, 2.75) is 59.0 Å². The summed E-state index contributed by atoms with van der Waals surface area (Å²) in [5, 5.41) is 6.16. The van der Waals surface area contributed by atoms with E-state index in [9.17, 15) is 0 Å². The van der Waals surface area contributed by atoms with Crippen LogP contribution in [-0.4, -0.2) is 6.61 Å². The second-order valence-corrected chi connectivity index (χ2v) is 7.62. The number of aryl methyl sites for hydroxylation is 1. The quantitative estimate of drug-likeness (QED) is 0.373. The molecule has 0 spiro atoms. The molecule has 0 fully saturated rings. The highest BCUT2D eigenvalue weighted by atomic mass is 16.5. The van der Waals surface area contributed by atoms with Crippen molar-refractivity contribution in [1.29, 1.82) is 0 Å². The number of unbranched alkanes of at least 4 members (excludes halogenated alkanes) is 4. The molecule has 2 nitrogen and oxygen atoms in total. The molecule has 0 bridgehead atoms. The molecule has 0 aliphatic rings. The normalized spacial score (nSPS) is 11.1. The van der Waals surface area contributed by atoms with E-state index in [1.165, 1.54) is 53.1 Å². The highest BCUT2D eigenvalue weighted by Crippen LogP contribution is 2.28. The summed E-state index contributed by atoms with van der Waals surface area (Å²) in [5.74, 6) is 1.02. The molecule has 0 saturated carbocycles. The Balaban J connectivity index is 1.65. The molecule has 0 radical (unpaired) electrons. The topological polar surface area (TPSA) is 21.3 Å². The van der Waals surface area contributed by atoms with Crippen LogP contribution in [0.2, 0.25) is 0 Å². The fourth-order valence-electron chi connectivity index (χ4n) is 3.56. The van der Waals surface area contributed by atoms with Crippen molar-refractivity contribution in [3.63, 3.8) is 0 Å². The van der Waals surface area contributed by atoms with Crippen LogP contribution in [0.1, 0.15) is 55.7 Å². The summed E-state index contributed by atoms with van der Waals surface area (Å²) in [4.78, 5) is 0. The first-order chi connectivity index (χ1) is 13.8. The molecule has 3 rings (SSSR count). The molecule has 148 valence electrons. The SMILES string of the molecule is CCCCCCCOc1ccc2ccccc2c1CNCc1ccc(C)cc1. The molecule has 0 saturated heterocycles. The lowest BCUT2D eigenvalue weighted by Crippen LogP contribution is -2.14. The fraction of sp³-hybridized carbons (Fsp3) is 0.385. The molecule has 0 heterocycles. The maximum Gasteiger partial charge on any atom is 0.124 e. The van der Waals surface area contributed by atoms with Gasteiger partial charge in [0.15, 0.2) is 0 Å². The van der Waals surface area contributed by atoms with Gasteiger partial charge in [0.05, 0.1) is 6.61 Å². The van der Waals surface area contributed by atoms with Crippen LogP contribution >= 0.6 is 0 Å². The van der Waals surface area contributed by atoms with Gasteiger partial charge >= 0.3 is 0 Å². The van der Waals surface area contributed by atoms with Gasteiger partial charge in [-0.3, -0.25) is 0 Å². The number of rotatable bonds is 11. The van der Waals surface area contributed by atoms with Crippen molar-refractivity contribution in [1.82, 2.24) is 5.32 Å². The molecule has 1 N–H and O–H groups in total. The Morgan fingerprint density at radius 2 is 1.57 bits per heavy atom. The van der Waals surface area contributed by atoms with Crippen LogP contribution in [0.3, 0.4) is 0 Å². The molecule has 2 heteroatoms. The smallest absolute Gasteiger partial charge is 0.124 e. The molecule has 0 atom stereocenters. The summed E-state index contributed by atoms with van der Waals surface area (Å²) in [5.41, 5.74) is 3.87. The van der Waals surface area contributed by atoms with Gasteiger partial charge in [-0.15, -0.1) is 0 Å². The average molecular weight is 376 g/mol. The number of hydrogen-bond acceptors (Lipinski definition) is 2. The van der Waals surface area contributed by atoms with Gasteiger partial charge in [0.25, 0.3) is 0 Å². The molecule has 0 aliphatic heterocycles. The Hall–Kier alpha value is -2.32. The average Bonchev–Trinajstić information content (AvgIpc) is 2.73. The lowest BCUT2D eigenvalue weighted by atomic mass is 10.0. The number of benzene rings is 3. The van der Waals surface area contributed by atoms with Crippen molar-refractivity contribution in [3.8, 4) is 5.75 Å². The Labute approximate surface area is 169 Å².